The third kappa shape index (κ3) is 4.82. The standard InChI is InChI=1S/C24H22BrN3O2S/c1-2-30-21-11-18(25)10-17(23(21)29)13-27-24-20(12-26)19-8-9-28(15-22(19)31-24)14-16-6-4-3-5-7-16/h3-7,10-11,13,29H,2,8-9,14-15H2,1H3. The summed E-state index contributed by atoms with van der Waals surface area (Å²) in [4.78, 5) is 8.17. The highest BCUT2D eigenvalue weighted by Crippen LogP contribution is 2.39. The number of nitriles is 1. The molecule has 0 amide bonds. The van der Waals surface area contributed by atoms with Crippen LogP contribution in [0.2, 0.25) is 0 Å². The van der Waals surface area contributed by atoms with Crippen LogP contribution in [0, 0.1) is 11.3 Å². The Labute approximate surface area is 194 Å². The van der Waals surface area contributed by atoms with Gasteiger partial charge in [0.2, 0.25) is 0 Å². The van der Waals surface area contributed by atoms with Crippen molar-refractivity contribution < 1.29 is 9.84 Å². The van der Waals surface area contributed by atoms with Gasteiger partial charge in [-0.25, -0.2) is 4.99 Å². The van der Waals surface area contributed by atoms with Gasteiger partial charge in [-0.15, -0.1) is 11.3 Å². The highest BCUT2D eigenvalue weighted by molar-refractivity contribution is 9.10. The summed E-state index contributed by atoms with van der Waals surface area (Å²) in [5, 5.41) is 20.9. The van der Waals surface area contributed by atoms with Crippen LogP contribution < -0.4 is 4.74 Å². The number of thiophene rings is 1. The van der Waals surface area contributed by atoms with Gasteiger partial charge in [0.25, 0.3) is 0 Å². The number of hydrogen-bond donors (Lipinski definition) is 1. The number of phenols is 1. The first-order chi connectivity index (χ1) is 15.1. The maximum Gasteiger partial charge on any atom is 0.166 e. The van der Waals surface area contributed by atoms with Crippen LogP contribution in [0.4, 0.5) is 5.00 Å². The predicted molar refractivity (Wildman–Crippen MR) is 128 cm³/mol. The number of fused-ring (bicyclic) bond motifs is 1. The van der Waals surface area contributed by atoms with E-state index in [9.17, 15) is 10.4 Å². The van der Waals surface area contributed by atoms with Crippen molar-refractivity contribution in [2.24, 2.45) is 4.99 Å². The summed E-state index contributed by atoms with van der Waals surface area (Å²) < 4.78 is 6.27. The van der Waals surface area contributed by atoms with Gasteiger partial charge in [-0.3, -0.25) is 4.90 Å². The minimum Gasteiger partial charge on any atom is -0.504 e. The molecule has 5 nitrogen and oxygen atoms in total. The molecular formula is C24H22BrN3O2S. The van der Waals surface area contributed by atoms with E-state index in [0.29, 0.717) is 28.5 Å². The monoisotopic (exact) mass is 495 g/mol. The lowest BCUT2D eigenvalue weighted by Gasteiger charge is -2.26. The van der Waals surface area contributed by atoms with Crippen molar-refractivity contribution in [3.63, 3.8) is 0 Å². The minimum absolute atomic E-state index is 0.0441. The second-order valence-electron chi connectivity index (χ2n) is 7.27. The van der Waals surface area contributed by atoms with Gasteiger partial charge in [0.05, 0.1) is 12.2 Å². The molecule has 3 aromatic rings. The Hall–Kier alpha value is -2.66. The van der Waals surface area contributed by atoms with Gasteiger partial charge >= 0.3 is 0 Å². The van der Waals surface area contributed by atoms with E-state index in [1.54, 1.807) is 29.7 Å². The van der Waals surface area contributed by atoms with Crippen LogP contribution in [-0.2, 0) is 19.5 Å². The molecule has 1 aliphatic rings. The summed E-state index contributed by atoms with van der Waals surface area (Å²) in [7, 11) is 0. The number of benzene rings is 2. The molecule has 2 heterocycles. The van der Waals surface area contributed by atoms with Crippen LogP contribution in [0.25, 0.3) is 0 Å². The summed E-state index contributed by atoms with van der Waals surface area (Å²) in [6.07, 6.45) is 2.44. The van der Waals surface area contributed by atoms with Gasteiger partial charge in [-0.05, 0) is 36.6 Å². The van der Waals surface area contributed by atoms with Crippen molar-refractivity contribution in [2.75, 3.05) is 13.2 Å². The number of halogens is 1. The van der Waals surface area contributed by atoms with E-state index >= 15 is 0 Å². The lowest BCUT2D eigenvalue weighted by Crippen LogP contribution is -2.29. The van der Waals surface area contributed by atoms with E-state index in [2.05, 4.69) is 56.2 Å². The molecule has 1 aliphatic heterocycles. The number of aliphatic imine (C=N–C) groups is 1. The smallest absolute Gasteiger partial charge is 0.166 e. The third-order valence-electron chi connectivity index (χ3n) is 5.17. The highest BCUT2D eigenvalue weighted by Gasteiger charge is 2.24. The first-order valence-electron chi connectivity index (χ1n) is 10.1. The van der Waals surface area contributed by atoms with Crippen LogP contribution >= 0.6 is 27.3 Å². The molecule has 2 aromatic carbocycles. The van der Waals surface area contributed by atoms with Crippen LogP contribution in [0.15, 0.2) is 51.9 Å². The summed E-state index contributed by atoms with van der Waals surface area (Å²) in [5.41, 5.74) is 3.59. The van der Waals surface area contributed by atoms with Gasteiger partial charge in [-0.2, -0.15) is 5.26 Å². The summed E-state index contributed by atoms with van der Waals surface area (Å²) >= 11 is 5.00. The zero-order valence-electron chi connectivity index (χ0n) is 17.1. The summed E-state index contributed by atoms with van der Waals surface area (Å²) in [6, 6.07) is 16.3. The molecule has 31 heavy (non-hydrogen) atoms. The molecule has 7 heteroatoms. The van der Waals surface area contributed by atoms with Gasteiger partial charge in [0.15, 0.2) is 11.5 Å². The Morgan fingerprint density at radius 1 is 1.32 bits per heavy atom. The topological polar surface area (TPSA) is 68.8 Å². The number of nitrogens with zero attached hydrogens (tertiary/aromatic N) is 3. The molecule has 0 spiro atoms. The van der Waals surface area contributed by atoms with Crippen LogP contribution in [0.3, 0.4) is 0 Å². The Morgan fingerprint density at radius 2 is 2.13 bits per heavy atom. The van der Waals surface area contributed by atoms with E-state index < -0.39 is 0 Å². The van der Waals surface area contributed by atoms with Crippen molar-refractivity contribution in [1.29, 1.82) is 5.26 Å². The Bertz CT molecular complexity index is 1150. The molecule has 0 saturated heterocycles. The van der Waals surface area contributed by atoms with E-state index in [1.165, 1.54) is 10.4 Å². The largest absolute Gasteiger partial charge is 0.504 e. The van der Waals surface area contributed by atoms with Gasteiger partial charge in [0, 0.05) is 40.8 Å². The second-order valence-corrected chi connectivity index (χ2v) is 9.27. The highest BCUT2D eigenvalue weighted by atomic mass is 79.9. The average Bonchev–Trinajstić information content (AvgIpc) is 3.12. The fourth-order valence-electron chi connectivity index (χ4n) is 3.71. The van der Waals surface area contributed by atoms with Crippen molar-refractivity contribution >= 4 is 38.5 Å². The molecule has 1 aromatic heterocycles. The molecule has 0 atom stereocenters. The van der Waals surface area contributed by atoms with Crippen LogP contribution in [0.1, 0.15) is 34.1 Å². The fourth-order valence-corrected chi connectivity index (χ4v) is 5.35. The molecule has 0 radical (unpaired) electrons. The Balaban J connectivity index is 1.58. The predicted octanol–water partition coefficient (Wildman–Crippen LogP) is 5.80. The maximum absolute atomic E-state index is 10.5. The summed E-state index contributed by atoms with van der Waals surface area (Å²) in [5.74, 6) is 0.448. The van der Waals surface area contributed by atoms with E-state index in [4.69, 9.17) is 4.74 Å². The molecule has 0 bridgehead atoms. The molecule has 158 valence electrons. The number of phenolic OH excluding ortho intramolecular Hbond substituents is 1. The number of hydrogen-bond acceptors (Lipinski definition) is 6. The Kier molecular flexibility index (Phi) is 6.71. The normalized spacial score (nSPS) is 13.8. The quantitative estimate of drug-likeness (QED) is 0.439. The van der Waals surface area contributed by atoms with Crippen molar-refractivity contribution in [3.05, 3.63) is 74.1 Å². The lowest BCUT2D eigenvalue weighted by atomic mass is 10.0. The van der Waals surface area contributed by atoms with Gasteiger partial charge in [0.1, 0.15) is 11.1 Å². The van der Waals surface area contributed by atoms with Crippen molar-refractivity contribution in [3.8, 4) is 17.6 Å². The minimum atomic E-state index is 0.0441. The van der Waals surface area contributed by atoms with Gasteiger partial charge < -0.3 is 9.84 Å². The van der Waals surface area contributed by atoms with Crippen molar-refractivity contribution in [2.45, 2.75) is 26.4 Å². The zero-order chi connectivity index (χ0) is 21.8. The molecule has 0 aliphatic carbocycles. The molecular weight excluding hydrogens is 474 g/mol. The maximum atomic E-state index is 10.5. The first kappa shape index (κ1) is 21.6. The number of rotatable bonds is 6. The first-order valence-corrected chi connectivity index (χ1v) is 11.7. The van der Waals surface area contributed by atoms with E-state index in [1.807, 2.05) is 13.0 Å². The summed E-state index contributed by atoms with van der Waals surface area (Å²) in [6.45, 7) is 4.95. The zero-order valence-corrected chi connectivity index (χ0v) is 19.5. The average molecular weight is 496 g/mol. The second kappa shape index (κ2) is 9.65. The third-order valence-corrected chi connectivity index (χ3v) is 6.75. The molecule has 4 rings (SSSR count). The fraction of sp³-hybridized carbons (Fsp3) is 0.250. The SMILES string of the molecule is CCOc1cc(Br)cc(C=Nc2sc3c(c2C#N)CCN(Cc2ccccc2)C3)c1O. The lowest BCUT2D eigenvalue weighted by molar-refractivity contribution is 0.249. The molecule has 0 unspecified atom stereocenters. The molecule has 0 saturated carbocycles. The molecule has 1 N–H and O–H groups in total. The Morgan fingerprint density at radius 3 is 2.87 bits per heavy atom. The van der Waals surface area contributed by atoms with E-state index in [0.717, 1.165) is 36.1 Å². The van der Waals surface area contributed by atoms with Crippen LogP contribution in [0.5, 0.6) is 11.5 Å². The molecule has 0 fully saturated rings. The van der Waals surface area contributed by atoms with Crippen molar-refractivity contribution in [1.82, 2.24) is 4.90 Å². The number of aromatic hydroxyl groups is 1. The van der Waals surface area contributed by atoms with Gasteiger partial charge in [-0.1, -0.05) is 46.3 Å². The number of ether oxygens (including phenoxy) is 1. The van der Waals surface area contributed by atoms with E-state index in [-0.39, 0.29) is 5.75 Å². The van der Waals surface area contributed by atoms with Crippen LogP contribution in [-0.4, -0.2) is 29.4 Å².